The number of carbonyl (C=O) groups is 2. The molecule has 0 heterocycles. The number of benzene rings is 2. The van der Waals surface area contributed by atoms with Gasteiger partial charge < -0.3 is 4.74 Å². The van der Waals surface area contributed by atoms with Crippen molar-refractivity contribution >= 4 is 21.8 Å². The minimum atomic E-state index is -3.84. The molecule has 168 valence electrons. The van der Waals surface area contributed by atoms with Gasteiger partial charge in [0.2, 0.25) is 10.0 Å². The number of hydrogen-bond donors (Lipinski definition) is 2. The number of likely N-dealkylation sites (N-methyl/N-ethyl adjacent to an activating group) is 1. The third-order valence-corrected chi connectivity index (χ3v) is 6.91. The van der Waals surface area contributed by atoms with Crippen molar-refractivity contribution in [1.29, 1.82) is 0 Å². The van der Waals surface area contributed by atoms with Gasteiger partial charge in [-0.2, -0.15) is 4.31 Å². The van der Waals surface area contributed by atoms with Crippen LogP contribution < -0.4 is 15.6 Å². The Kier molecular flexibility index (Phi) is 7.80. The quantitative estimate of drug-likeness (QED) is 0.633. The largest absolute Gasteiger partial charge is 0.481 e. The van der Waals surface area contributed by atoms with Crippen molar-refractivity contribution < 1.29 is 22.7 Å². The molecule has 0 aliphatic heterocycles. The van der Waals surface area contributed by atoms with Crippen LogP contribution in [-0.4, -0.2) is 44.2 Å². The maximum absolute atomic E-state index is 12.7. The zero-order valence-electron chi connectivity index (χ0n) is 18.6. The number of sulfonamides is 1. The summed E-state index contributed by atoms with van der Waals surface area (Å²) in [7, 11) is -2.54. The Morgan fingerprint density at radius 2 is 1.68 bits per heavy atom. The number of hydrazine groups is 1. The van der Waals surface area contributed by atoms with Crippen molar-refractivity contribution in [3.05, 3.63) is 58.7 Å². The van der Waals surface area contributed by atoms with Crippen LogP contribution >= 0.6 is 0 Å². The van der Waals surface area contributed by atoms with E-state index in [9.17, 15) is 18.0 Å². The van der Waals surface area contributed by atoms with E-state index in [1.54, 1.807) is 25.1 Å². The molecule has 0 aliphatic rings. The Morgan fingerprint density at radius 1 is 1.00 bits per heavy atom. The minimum absolute atomic E-state index is 0.102. The molecule has 2 N–H and O–H groups in total. The van der Waals surface area contributed by atoms with Gasteiger partial charge in [0.1, 0.15) is 5.75 Å². The molecule has 0 spiro atoms. The molecule has 2 amide bonds. The molecule has 0 radical (unpaired) electrons. The van der Waals surface area contributed by atoms with Crippen LogP contribution in [0.4, 0.5) is 0 Å². The van der Waals surface area contributed by atoms with E-state index in [1.165, 1.54) is 13.1 Å². The molecule has 0 bridgehead atoms. The molecule has 2 aromatic rings. The molecule has 0 aliphatic carbocycles. The van der Waals surface area contributed by atoms with Gasteiger partial charge in [-0.15, -0.1) is 0 Å². The summed E-state index contributed by atoms with van der Waals surface area (Å²) < 4.78 is 31.9. The highest BCUT2D eigenvalue weighted by Gasteiger charge is 2.24. The normalized spacial score (nSPS) is 12.4. The minimum Gasteiger partial charge on any atom is -0.481 e. The van der Waals surface area contributed by atoms with Gasteiger partial charge in [0.05, 0.1) is 11.4 Å². The van der Waals surface area contributed by atoms with Gasteiger partial charge in [0.25, 0.3) is 11.8 Å². The maximum Gasteiger partial charge on any atom is 0.279 e. The number of aryl methyl sites for hydroxylation is 3. The van der Waals surface area contributed by atoms with E-state index in [4.69, 9.17) is 4.74 Å². The smallest absolute Gasteiger partial charge is 0.279 e. The van der Waals surface area contributed by atoms with Gasteiger partial charge >= 0.3 is 0 Å². The molecule has 0 unspecified atom stereocenters. The van der Waals surface area contributed by atoms with Gasteiger partial charge in [-0.05, 0) is 75.1 Å². The van der Waals surface area contributed by atoms with E-state index in [1.807, 2.05) is 39.8 Å². The first-order valence-corrected chi connectivity index (χ1v) is 11.2. The van der Waals surface area contributed by atoms with E-state index < -0.39 is 34.5 Å². The van der Waals surface area contributed by atoms with Crippen LogP contribution in [0, 0.1) is 27.7 Å². The van der Waals surface area contributed by atoms with Crippen LogP contribution in [-0.2, 0) is 19.6 Å². The molecule has 0 saturated carbocycles. The average Bonchev–Trinajstić information content (AvgIpc) is 2.71. The molecule has 2 aromatic carbocycles. The van der Waals surface area contributed by atoms with E-state index >= 15 is 0 Å². The molecule has 8 nitrogen and oxygen atoms in total. The lowest BCUT2D eigenvalue weighted by atomic mass is 10.1. The molecule has 31 heavy (non-hydrogen) atoms. The van der Waals surface area contributed by atoms with Crippen molar-refractivity contribution in [1.82, 2.24) is 15.2 Å². The second-order valence-corrected chi connectivity index (χ2v) is 9.55. The highest BCUT2D eigenvalue weighted by Crippen LogP contribution is 2.21. The predicted octanol–water partition coefficient (Wildman–Crippen LogP) is 2.16. The first kappa shape index (κ1) is 24.4. The summed E-state index contributed by atoms with van der Waals surface area (Å²) in [4.78, 5) is 24.5. The molecule has 9 heteroatoms. The van der Waals surface area contributed by atoms with E-state index in [0.29, 0.717) is 5.75 Å². The van der Waals surface area contributed by atoms with Crippen LogP contribution in [0.15, 0.2) is 41.3 Å². The fraction of sp³-hybridized carbons (Fsp3) is 0.364. The maximum atomic E-state index is 12.7. The lowest BCUT2D eigenvalue weighted by Crippen LogP contribution is -2.50. The topological polar surface area (TPSA) is 105 Å². The lowest BCUT2D eigenvalue weighted by Gasteiger charge is -2.19. The second-order valence-electron chi connectivity index (χ2n) is 7.50. The predicted molar refractivity (Wildman–Crippen MR) is 118 cm³/mol. The number of nitrogens with one attached hydrogen (secondary N) is 2. The number of ether oxygens (including phenoxy) is 1. The molecule has 0 aromatic heterocycles. The zero-order valence-corrected chi connectivity index (χ0v) is 19.5. The van der Waals surface area contributed by atoms with Crippen LogP contribution in [0.1, 0.15) is 29.2 Å². The second kappa shape index (κ2) is 9.93. The summed E-state index contributed by atoms with van der Waals surface area (Å²) in [5.74, 6) is -0.663. The highest BCUT2D eigenvalue weighted by atomic mass is 32.2. The number of amides is 2. The van der Waals surface area contributed by atoms with Crippen LogP contribution in [0.25, 0.3) is 0 Å². The van der Waals surface area contributed by atoms with Crippen molar-refractivity contribution in [3.8, 4) is 5.75 Å². The summed E-state index contributed by atoms with van der Waals surface area (Å²) in [6, 6.07) is 10.3. The molecule has 2 rings (SSSR count). The SMILES string of the molecule is Cc1ccc(S(=O)(=O)N(C)CC(=O)NNC(=O)[C@H](C)Oc2cccc(C)c2C)cc1C. The van der Waals surface area contributed by atoms with E-state index in [0.717, 1.165) is 26.6 Å². The van der Waals surface area contributed by atoms with E-state index in [-0.39, 0.29) is 4.90 Å². The third kappa shape index (κ3) is 6.05. The summed E-state index contributed by atoms with van der Waals surface area (Å²) in [5, 5.41) is 0. The van der Waals surface area contributed by atoms with Gasteiger partial charge in [-0.1, -0.05) is 18.2 Å². The molecule has 1 atom stereocenters. The average molecular weight is 448 g/mol. The van der Waals surface area contributed by atoms with Crippen molar-refractivity contribution in [3.63, 3.8) is 0 Å². The number of nitrogens with zero attached hydrogens (tertiary/aromatic N) is 1. The van der Waals surface area contributed by atoms with Crippen LogP contribution in [0.3, 0.4) is 0 Å². The van der Waals surface area contributed by atoms with Crippen molar-refractivity contribution in [2.24, 2.45) is 0 Å². The Labute approximate surface area is 183 Å². The summed E-state index contributed by atoms with van der Waals surface area (Å²) in [6.07, 6.45) is -0.863. The summed E-state index contributed by atoms with van der Waals surface area (Å²) >= 11 is 0. The number of hydrogen-bond acceptors (Lipinski definition) is 5. The molecular weight excluding hydrogens is 418 g/mol. The van der Waals surface area contributed by atoms with E-state index in [2.05, 4.69) is 10.9 Å². The van der Waals surface area contributed by atoms with Crippen molar-refractivity contribution in [2.45, 2.75) is 45.6 Å². The van der Waals surface area contributed by atoms with Gasteiger partial charge in [-0.25, -0.2) is 8.42 Å². The summed E-state index contributed by atoms with van der Waals surface area (Å²) in [5.41, 5.74) is 8.25. The third-order valence-electron chi connectivity index (χ3n) is 5.11. The number of carbonyl (C=O) groups excluding carboxylic acids is 2. The monoisotopic (exact) mass is 447 g/mol. The van der Waals surface area contributed by atoms with Gasteiger partial charge in [0, 0.05) is 7.05 Å². The van der Waals surface area contributed by atoms with Crippen LogP contribution in [0.5, 0.6) is 5.75 Å². The van der Waals surface area contributed by atoms with Gasteiger partial charge in [0.15, 0.2) is 6.10 Å². The fourth-order valence-electron chi connectivity index (χ4n) is 2.71. The Bertz CT molecular complexity index is 1080. The van der Waals surface area contributed by atoms with Crippen molar-refractivity contribution in [2.75, 3.05) is 13.6 Å². The molecule has 0 saturated heterocycles. The Morgan fingerprint density at radius 3 is 2.32 bits per heavy atom. The van der Waals surface area contributed by atoms with Crippen LogP contribution in [0.2, 0.25) is 0 Å². The Balaban J connectivity index is 1.92. The first-order valence-electron chi connectivity index (χ1n) is 9.78. The zero-order chi connectivity index (χ0) is 23.3. The number of rotatable bonds is 7. The molecule has 0 fully saturated rings. The fourth-order valence-corrected chi connectivity index (χ4v) is 3.92. The first-order chi connectivity index (χ1) is 14.4. The Hall–Kier alpha value is -2.91. The lowest BCUT2D eigenvalue weighted by molar-refractivity contribution is -0.132. The molecular formula is C22H29N3O5S. The highest BCUT2D eigenvalue weighted by molar-refractivity contribution is 7.89. The van der Waals surface area contributed by atoms with Gasteiger partial charge in [-0.3, -0.25) is 20.4 Å². The summed E-state index contributed by atoms with van der Waals surface area (Å²) in [6.45, 7) is 8.63. The standard InChI is InChI=1S/C22H29N3O5S/c1-14-10-11-19(12-16(14)3)31(28,29)25(6)13-21(26)23-24-22(27)18(5)30-20-9-7-8-15(2)17(20)4/h7-12,18H,13H2,1-6H3,(H,23,26)(H,24,27)/t18-/m0/s1.